The van der Waals surface area contributed by atoms with Gasteiger partial charge in [0.15, 0.2) is 0 Å². The van der Waals surface area contributed by atoms with E-state index in [0.717, 1.165) is 25.2 Å². The predicted octanol–water partition coefficient (Wildman–Crippen LogP) is 1.59. The Labute approximate surface area is 85.3 Å². The molecular weight excluding hydrogens is 174 g/mol. The first-order valence-electron chi connectivity index (χ1n) is 5.41. The lowest BCUT2D eigenvalue weighted by Crippen LogP contribution is -2.32. The van der Waals surface area contributed by atoms with E-state index in [9.17, 15) is 0 Å². The summed E-state index contributed by atoms with van der Waals surface area (Å²) in [6.07, 6.45) is 2.19. The Hall–Kier alpha value is -0.830. The summed E-state index contributed by atoms with van der Waals surface area (Å²) in [7, 11) is 0. The minimum atomic E-state index is 0.315. The fourth-order valence-corrected chi connectivity index (χ4v) is 2.25. The number of hydrogen-bond donors (Lipinski definition) is 1. The topological polar surface area (TPSA) is 43.8 Å². The highest BCUT2D eigenvalue weighted by atomic mass is 15.1. The summed E-state index contributed by atoms with van der Waals surface area (Å²) in [4.78, 5) is 4.63. The van der Waals surface area contributed by atoms with Crippen molar-refractivity contribution < 1.29 is 0 Å². The van der Waals surface area contributed by atoms with E-state index in [1.807, 2.05) is 0 Å². The second-order valence-electron chi connectivity index (χ2n) is 4.56. The molecule has 1 aromatic heterocycles. The van der Waals surface area contributed by atoms with Crippen LogP contribution in [-0.4, -0.2) is 15.6 Å². The van der Waals surface area contributed by atoms with E-state index in [-0.39, 0.29) is 0 Å². The Morgan fingerprint density at radius 2 is 2.21 bits per heavy atom. The van der Waals surface area contributed by atoms with Crippen molar-refractivity contribution in [2.45, 2.75) is 52.1 Å². The van der Waals surface area contributed by atoms with Gasteiger partial charge in [-0.3, -0.25) is 0 Å². The molecule has 0 bridgehead atoms. The maximum absolute atomic E-state index is 5.96. The summed E-state index contributed by atoms with van der Waals surface area (Å²) in [6, 6.07) is 0.315. The number of aromatic nitrogens is 2. The van der Waals surface area contributed by atoms with Crippen LogP contribution in [0.3, 0.4) is 0 Å². The van der Waals surface area contributed by atoms with Gasteiger partial charge in [-0.2, -0.15) is 0 Å². The molecule has 1 aromatic rings. The van der Waals surface area contributed by atoms with Crippen molar-refractivity contribution in [3.63, 3.8) is 0 Å². The maximum Gasteiger partial charge on any atom is 0.106 e. The highest BCUT2D eigenvalue weighted by Crippen LogP contribution is 2.25. The molecule has 1 aliphatic rings. The Morgan fingerprint density at radius 3 is 2.86 bits per heavy atom. The number of nitrogens with zero attached hydrogens (tertiary/aromatic N) is 2. The third-order valence-corrected chi connectivity index (χ3v) is 3.01. The average Bonchev–Trinajstić information content (AvgIpc) is 2.44. The maximum atomic E-state index is 5.96. The number of hydrogen-bond acceptors (Lipinski definition) is 2. The summed E-state index contributed by atoms with van der Waals surface area (Å²) < 4.78 is 2.30. The van der Waals surface area contributed by atoms with Crippen LogP contribution in [0.25, 0.3) is 0 Å². The molecule has 0 aliphatic carbocycles. The van der Waals surface area contributed by atoms with Crippen LogP contribution in [0.1, 0.15) is 43.4 Å². The van der Waals surface area contributed by atoms with Crippen molar-refractivity contribution in [2.75, 3.05) is 0 Å². The zero-order valence-electron chi connectivity index (χ0n) is 9.25. The Balaban J connectivity index is 2.44. The van der Waals surface area contributed by atoms with E-state index < -0.39 is 0 Å². The minimum Gasteiger partial charge on any atom is -0.330 e. The lowest BCUT2D eigenvalue weighted by molar-refractivity contribution is 0.451. The normalized spacial score (nSPS) is 21.4. The average molecular weight is 193 g/mol. The molecule has 0 spiro atoms. The zero-order chi connectivity index (χ0) is 10.3. The van der Waals surface area contributed by atoms with Gasteiger partial charge in [-0.05, 0) is 25.7 Å². The molecule has 1 unspecified atom stereocenters. The molecular formula is C11H19N3. The molecule has 1 aliphatic heterocycles. The van der Waals surface area contributed by atoms with Gasteiger partial charge in [0, 0.05) is 18.3 Å². The smallest absolute Gasteiger partial charge is 0.106 e. The SMILES string of the molecule is Cc1nc(C(C)C)c2n1CC(N)CC2. The Bertz CT molecular complexity index is 339. The largest absolute Gasteiger partial charge is 0.330 e. The predicted molar refractivity (Wildman–Crippen MR) is 57.3 cm³/mol. The van der Waals surface area contributed by atoms with Gasteiger partial charge in [0.2, 0.25) is 0 Å². The van der Waals surface area contributed by atoms with E-state index in [1.54, 1.807) is 0 Å². The fourth-order valence-electron chi connectivity index (χ4n) is 2.25. The Morgan fingerprint density at radius 1 is 1.50 bits per heavy atom. The first-order valence-corrected chi connectivity index (χ1v) is 5.41. The number of aryl methyl sites for hydroxylation is 1. The van der Waals surface area contributed by atoms with Crippen LogP contribution in [0.4, 0.5) is 0 Å². The van der Waals surface area contributed by atoms with Crippen molar-refractivity contribution in [3.05, 3.63) is 17.2 Å². The van der Waals surface area contributed by atoms with Crippen LogP contribution in [-0.2, 0) is 13.0 Å². The van der Waals surface area contributed by atoms with Gasteiger partial charge in [-0.1, -0.05) is 13.8 Å². The lowest BCUT2D eigenvalue weighted by Gasteiger charge is -2.22. The third-order valence-electron chi connectivity index (χ3n) is 3.01. The number of fused-ring (bicyclic) bond motifs is 1. The number of nitrogens with two attached hydrogens (primary N) is 1. The summed E-state index contributed by atoms with van der Waals surface area (Å²) in [5, 5.41) is 0. The quantitative estimate of drug-likeness (QED) is 0.736. The molecule has 3 nitrogen and oxygen atoms in total. The van der Waals surface area contributed by atoms with E-state index >= 15 is 0 Å². The molecule has 2 heterocycles. The molecule has 0 radical (unpaired) electrons. The molecule has 3 heteroatoms. The molecule has 2 rings (SSSR count). The van der Waals surface area contributed by atoms with Gasteiger partial charge in [0.1, 0.15) is 5.82 Å². The highest BCUT2D eigenvalue weighted by molar-refractivity contribution is 5.22. The van der Waals surface area contributed by atoms with Gasteiger partial charge >= 0.3 is 0 Å². The highest BCUT2D eigenvalue weighted by Gasteiger charge is 2.22. The fraction of sp³-hybridized carbons (Fsp3) is 0.727. The van der Waals surface area contributed by atoms with E-state index in [1.165, 1.54) is 11.4 Å². The van der Waals surface area contributed by atoms with Gasteiger partial charge < -0.3 is 10.3 Å². The zero-order valence-corrected chi connectivity index (χ0v) is 9.25. The van der Waals surface area contributed by atoms with Gasteiger partial charge in [-0.25, -0.2) is 4.98 Å². The van der Waals surface area contributed by atoms with Crippen LogP contribution in [0.5, 0.6) is 0 Å². The van der Waals surface area contributed by atoms with E-state index in [4.69, 9.17) is 5.73 Å². The number of rotatable bonds is 1. The Kier molecular flexibility index (Phi) is 2.35. The van der Waals surface area contributed by atoms with Crippen molar-refractivity contribution in [1.82, 2.24) is 9.55 Å². The van der Waals surface area contributed by atoms with Gasteiger partial charge in [-0.15, -0.1) is 0 Å². The summed E-state index contributed by atoms with van der Waals surface area (Å²) in [5.74, 6) is 1.65. The molecule has 14 heavy (non-hydrogen) atoms. The van der Waals surface area contributed by atoms with Crippen LogP contribution < -0.4 is 5.73 Å². The van der Waals surface area contributed by atoms with Crippen LogP contribution >= 0.6 is 0 Å². The molecule has 0 fully saturated rings. The first kappa shape index (κ1) is 9.71. The van der Waals surface area contributed by atoms with Crippen LogP contribution in [0.15, 0.2) is 0 Å². The third kappa shape index (κ3) is 1.46. The molecule has 0 saturated carbocycles. The van der Waals surface area contributed by atoms with Gasteiger partial charge in [0.05, 0.1) is 5.69 Å². The standard InChI is InChI=1S/C11H19N3/c1-7(2)11-10-5-4-9(12)6-14(10)8(3)13-11/h7,9H,4-6,12H2,1-3H3. The minimum absolute atomic E-state index is 0.315. The summed E-state index contributed by atoms with van der Waals surface area (Å²) in [5.41, 5.74) is 8.64. The lowest BCUT2D eigenvalue weighted by atomic mass is 10.0. The van der Waals surface area contributed by atoms with E-state index in [0.29, 0.717) is 12.0 Å². The molecule has 0 aromatic carbocycles. The molecule has 0 saturated heterocycles. The van der Waals surface area contributed by atoms with Crippen molar-refractivity contribution >= 4 is 0 Å². The first-order chi connectivity index (χ1) is 6.59. The van der Waals surface area contributed by atoms with Crippen molar-refractivity contribution in [3.8, 4) is 0 Å². The second-order valence-corrected chi connectivity index (χ2v) is 4.56. The van der Waals surface area contributed by atoms with E-state index in [2.05, 4.69) is 30.3 Å². The summed E-state index contributed by atoms with van der Waals surface area (Å²) in [6.45, 7) is 7.43. The van der Waals surface area contributed by atoms with Crippen LogP contribution in [0.2, 0.25) is 0 Å². The van der Waals surface area contributed by atoms with Gasteiger partial charge in [0.25, 0.3) is 0 Å². The summed E-state index contributed by atoms with van der Waals surface area (Å²) >= 11 is 0. The monoisotopic (exact) mass is 193 g/mol. The number of imidazole rings is 1. The molecule has 0 amide bonds. The van der Waals surface area contributed by atoms with Crippen molar-refractivity contribution in [2.24, 2.45) is 5.73 Å². The second kappa shape index (κ2) is 3.39. The molecule has 78 valence electrons. The molecule has 1 atom stereocenters. The molecule has 2 N–H and O–H groups in total. The van der Waals surface area contributed by atoms with Crippen molar-refractivity contribution in [1.29, 1.82) is 0 Å². The van der Waals surface area contributed by atoms with Crippen LogP contribution in [0, 0.1) is 6.92 Å².